The number of nitrogens with zero attached hydrogens (tertiary/aromatic N) is 4. The molecule has 0 saturated carbocycles. The van der Waals surface area contributed by atoms with Crippen LogP contribution in [0.25, 0.3) is 6.08 Å². The predicted octanol–water partition coefficient (Wildman–Crippen LogP) is 1.81. The van der Waals surface area contributed by atoms with Gasteiger partial charge in [-0.3, -0.25) is 4.79 Å². The van der Waals surface area contributed by atoms with Gasteiger partial charge in [0, 0.05) is 19.2 Å². The molecule has 1 N–H and O–H groups in total. The fourth-order valence-electron chi connectivity index (χ4n) is 2.82. The van der Waals surface area contributed by atoms with Crippen molar-refractivity contribution in [1.82, 2.24) is 19.9 Å². The van der Waals surface area contributed by atoms with Gasteiger partial charge in [-0.05, 0) is 30.7 Å². The van der Waals surface area contributed by atoms with Gasteiger partial charge in [-0.2, -0.15) is 0 Å². The first-order valence-electron chi connectivity index (χ1n) is 8.17. The summed E-state index contributed by atoms with van der Waals surface area (Å²) in [5, 5.41) is 17.9. The van der Waals surface area contributed by atoms with Crippen molar-refractivity contribution in [2.75, 3.05) is 19.9 Å². The quantitative estimate of drug-likeness (QED) is 0.818. The average Bonchev–Trinajstić information content (AvgIpc) is 3.21. The van der Waals surface area contributed by atoms with Crippen LogP contribution < -0.4 is 9.47 Å². The molecule has 4 rings (SSSR count). The van der Waals surface area contributed by atoms with Gasteiger partial charge < -0.3 is 19.5 Å². The second-order valence-corrected chi connectivity index (χ2v) is 6.67. The van der Waals surface area contributed by atoms with Gasteiger partial charge >= 0.3 is 0 Å². The minimum Gasteiger partial charge on any atom is -0.454 e. The Morgan fingerprint density at radius 1 is 1.42 bits per heavy atom. The van der Waals surface area contributed by atoms with E-state index in [1.807, 2.05) is 0 Å². The number of hydrogen-bond donors (Lipinski definition) is 1. The van der Waals surface area contributed by atoms with E-state index in [2.05, 4.69) is 10.3 Å². The summed E-state index contributed by atoms with van der Waals surface area (Å²) >= 11 is 6.13. The number of likely N-dealkylation sites (tertiary alicyclic amines) is 1. The molecule has 3 heterocycles. The summed E-state index contributed by atoms with van der Waals surface area (Å²) in [7, 11) is 0. The lowest BCUT2D eigenvalue weighted by Gasteiger charge is -2.38. The Morgan fingerprint density at radius 3 is 2.96 bits per heavy atom. The van der Waals surface area contributed by atoms with Crippen LogP contribution in [0.2, 0.25) is 5.02 Å². The van der Waals surface area contributed by atoms with E-state index < -0.39 is 6.10 Å². The molecule has 2 aliphatic rings. The first-order valence-corrected chi connectivity index (χ1v) is 8.55. The van der Waals surface area contributed by atoms with E-state index in [1.54, 1.807) is 40.9 Å². The van der Waals surface area contributed by atoms with Gasteiger partial charge in [0.2, 0.25) is 12.7 Å². The summed E-state index contributed by atoms with van der Waals surface area (Å²) in [5.74, 6) is 1.02. The Kier molecular flexibility index (Phi) is 4.29. The van der Waals surface area contributed by atoms with Crippen LogP contribution in [0.15, 0.2) is 24.4 Å². The number of hydrogen-bond acceptors (Lipinski definition) is 6. The highest BCUT2D eigenvalue weighted by Gasteiger charge is 2.32. The molecular formula is C17H17ClN4O4. The maximum absolute atomic E-state index is 12.3. The van der Waals surface area contributed by atoms with E-state index in [9.17, 15) is 9.90 Å². The first-order chi connectivity index (χ1) is 12.5. The predicted molar refractivity (Wildman–Crippen MR) is 92.9 cm³/mol. The Bertz CT molecular complexity index is 874. The number of benzene rings is 1. The van der Waals surface area contributed by atoms with Gasteiger partial charge in [-0.15, -0.1) is 5.10 Å². The lowest BCUT2D eigenvalue weighted by atomic mass is 10.1. The molecule has 8 nitrogen and oxygen atoms in total. The summed E-state index contributed by atoms with van der Waals surface area (Å²) in [6.45, 7) is 2.88. The molecule has 0 aliphatic carbocycles. The largest absolute Gasteiger partial charge is 0.454 e. The van der Waals surface area contributed by atoms with E-state index in [-0.39, 0.29) is 18.7 Å². The van der Waals surface area contributed by atoms with E-state index in [1.165, 1.54) is 6.08 Å². The Morgan fingerprint density at radius 2 is 2.23 bits per heavy atom. The third-order valence-electron chi connectivity index (χ3n) is 4.37. The third kappa shape index (κ3) is 3.13. The van der Waals surface area contributed by atoms with Crippen LogP contribution in [-0.2, 0) is 4.79 Å². The SMILES string of the molecule is CC(O)c1cn(C2CN(C(=O)/C=C/c3cc(Cl)c4c(c3)OCO4)C2)nn1. The standard InChI is InChI=1S/C17H17ClN4O4/c1-10(23)14-8-22(20-19-14)12-6-21(7-12)16(24)3-2-11-4-13(18)17-15(5-11)25-9-26-17/h2-5,8,10,12,23H,6-7,9H2,1H3/b3-2+. The molecule has 1 aromatic carbocycles. The van der Waals surface area contributed by atoms with Gasteiger partial charge in [-0.1, -0.05) is 16.8 Å². The second kappa shape index (κ2) is 6.62. The second-order valence-electron chi connectivity index (χ2n) is 6.27. The molecule has 1 fully saturated rings. The van der Waals surface area contributed by atoms with Crippen molar-refractivity contribution in [3.05, 3.63) is 40.7 Å². The van der Waals surface area contributed by atoms with Crippen LogP contribution in [0.5, 0.6) is 11.5 Å². The van der Waals surface area contributed by atoms with Crippen molar-refractivity contribution in [2.45, 2.75) is 19.1 Å². The molecule has 1 aromatic heterocycles. The zero-order chi connectivity index (χ0) is 18.3. The molecule has 1 atom stereocenters. The average molecular weight is 377 g/mol. The molecule has 0 radical (unpaired) electrons. The van der Waals surface area contributed by atoms with Crippen molar-refractivity contribution in [2.24, 2.45) is 0 Å². The maximum Gasteiger partial charge on any atom is 0.246 e. The summed E-state index contributed by atoms with van der Waals surface area (Å²) in [6.07, 6.45) is 4.26. The van der Waals surface area contributed by atoms with E-state index in [4.69, 9.17) is 21.1 Å². The highest BCUT2D eigenvalue weighted by Crippen LogP contribution is 2.40. The monoisotopic (exact) mass is 376 g/mol. The van der Waals surface area contributed by atoms with E-state index >= 15 is 0 Å². The van der Waals surface area contributed by atoms with Crippen LogP contribution in [-0.4, -0.2) is 50.8 Å². The fraction of sp³-hybridized carbons (Fsp3) is 0.353. The molecular weight excluding hydrogens is 360 g/mol. The normalized spacial score (nSPS) is 17.6. The van der Waals surface area contributed by atoms with Crippen molar-refractivity contribution in [3.63, 3.8) is 0 Å². The lowest BCUT2D eigenvalue weighted by molar-refractivity contribution is -0.131. The highest BCUT2D eigenvalue weighted by molar-refractivity contribution is 6.32. The van der Waals surface area contributed by atoms with Gasteiger partial charge in [-0.25, -0.2) is 4.68 Å². The summed E-state index contributed by atoms with van der Waals surface area (Å²) in [4.78, 5) is 14.0. The number of ether oxygens (including phenoxy) is 2. The zero-order valence-electron chi connectivity index (χ0n) is 14.0. The van der Waals surface area contributed by atoms with Gasteiger partial charge in [0.25, 0.3) is 0 Å². The molecule has 0 bridgehead atoms. The Hall–Kier alpha value is -2.58. The van der Waals surface area contributed by atoms with Crippen LogP contribution in [0.1, 0.15) is 30.3 Å². The molecule has 2 aromatic rings. The summed E-state index contributed by atoms with van der Waals surface area (Å²) in [6, 6.07) is 3.58. The minimum atomic E-state index is -0.655. The van der Waals surface area contributed by atoms with Crippen LogP contribution in [0.3, 0.4) is 0 Å². The number of rotatable bonds is 4. The molecule has 26 heavy (non-hydrogen) atoms. The molecule has 9 heteroatoms. The number of carbonyl (C=O) groups is 1. The topological polar surface area (TPSA) is 89.7 Å². The number of halogens is 1. The van der Waals surface area contributed by atoms with Crippen molar-refractivity contribution in [1.29, 1.82) is 0 Å². The molecule has 0 spiro atoms. The number of aromatic nitrogens is 3. The molecule has 1 amide bonds. The molecule has 1 saturated heterocycles. The van der Waals surface area contributed by atoms with Crippen molar-refractivity contribution >= 4 is 23.6 Å². The number of carbonyl (C=O) groups excluding carboxylic acids is 1. The zero-order valence-corrected chi connectivity index (χ0v) is 14.8. The highest BCUT2D eigenvalue weighted by atomic mass is 35.5. The van der Waals surface area contributed by atoms with Crippen molar-refractivity contribution < 1.29 is 19.4 Å². The number of amides is 1. The maximum atomic E-state index is 12.3. The fourth-order valence-corrected chi connectivity index (χ4v) is 3.09. The first kappa shape index (κ1) is 16.9. The number of aliphatic hydroxyl groups is 1. The Balaban J connectivity index is 1.36. The van der Waals surface area contributed by atoms with Gasteiger partial charge in [0.05, 0.1) is 23.4 Å². The lowest BCUT2D eigenvalue weighted by Crippen LogP contribution is -2.50. The van der Waals surface area contributed by atoms with E-state index in [0.29, 0.717) is 35.3 Å². The summed E-state index contributed by atoms with van der Waals surface area (Å²) < 4.78 is 12.3. The third-order valence-corrected chi connectivity index (χ3v) is 4.65. The minimum absolute atomic E-state index is 0.0762. The van der Waals surface area contributed by atoms with Crippen LogP contribution in [0.4, 0.5) is 0 Å². The molecule has 1 unspecified atom stereocenters. The van der Waals surface area contributed by atoms with Gasteiger partial charge in [0.15, 0.2) is 11.5 Å². The molecule has 2 aliphatic heterocycles. The van der Waals surface area contributed by atoms with Crippen LogP contribution in [0, 0.1) is 0 Å². The summed E-state index contributed by atoms with van der Waals surface area (Å²) in [5.41, 5.74) is 1.29. The van der Waals surface area contributed by atoms with Gasteiger partial charge in [0.1, 0.15) is 5.69 Å². The smallest absolute Gasteiger partial charge is 0.246 e. The van der Waals surface area contributed by atoms with Crippen molar-refractivity contribution in [3.8, 4) is 11.5 Å². The van der Waals surface area contributed by atoms with E-state index in [0.717, 1.165) is 5.56 Å². The number of fused-ring (bicyclic) bond motifs is 1. The van der Waals surface area contributed by atoms with Crippen LogP contribution >= 0.6 is 11.6 Å². The molecule has 136 valence electrons. The number of aliphatic hydroxyl groups excluding tert-OH is 1. The Labute approximate surface area is 154 Å².